The lowest BCUT2D eigenvalue weighted by Crippen LogP contribution is -2.36. The summed E-state index contributed by atoms with van der Waals surface area (Å²) in [5, 5.41) is 0. The molecule has 1 aliphatic carbocycles. The summed E-state index contributed by atoms with van der Waals surface area (Å²) in [5.74, 6) is -3.19. The van der Waals surface area contributed by atoms with E-state index in [9.17, 15) is 21.6 Å². The van der Waals surface area contributed by atoms with Crippen molar-refractivity contribution in [3.05, 3.63) is 29.1 Å². The van der Waals surface area contributed by atoms with Crippen molar-refractivity contribution in [1.29, 1.82) is 0 Å². The van der Waals surface area contributed by atoms with Gasteiger partial charge in [-0.2, -0.15) is 0 Å². The summed E-state index contributed by atoms with van der Waals surface area (Å²) in [6.45, 7) is -0.0431. The molecule has 0 amide bonds. The van der Waals surface area contributed by atoms with E-state index < -0.39 is 44.9 Å². The van der Waals surface area contributed by atoms with Crippen molar-refractivity contribution in [1.82, 2.24) is 0 Å². The van der Waals surface area contributed by atoms with Gasteiger partial charge < -0.3 is 9.47 Å². The predicted molar refractivity (Wildman–Crippen MR) is 61.8 cm³/mol. The molecule has 0 radical (unpaired) electrons. The molecule has 0 saturated carbocycles. The molecule has 1 unspecified atom stereocenters. The van der Waals surface area contributed by atoms with Crippen LogP contribution in [0.25, 0.3) is 0 Å². The standard InChI is InChI=1S/C12H11F3O4S/c1-20(16,17)7-3-2-6(13)8-9(7)12(11(15)10(8)14)18-4-5-19-12/h2-3,10-11H,4-5H2,1H3/t10?,11-/m1/s1. The molecule has 2 atom stereocenters. The van der Waals surface area contributed by atoms with E-state index in [1.165, 1.54) is 0 Å². The molecule has 3 rings (SSSR count). The summed E-state index contributed by atoms with van der Waals surface area (Å²) >= 11 is 0. The van der Waals surface area contributed by atoms with Crippen LogP contribution in [0.5, 0.6) is 0 Å². The highest BCUT2D eigenvalue weighted by atomic mass is 32.2. The molecule has 1 heterocycles. The maximum atomic E-state index is 14.2. The molecule has 0 bridgehead atoms. The SMILES string of the molecule is CS(=O)(=O)c1ccc(F)c2c1C1(OCCO1)[C@H](F)C2F. The Labute approximate surface area is 113 Å². The Balaban J connectivity index is 2.38. The third-order valence-corrected chi connectivity index (χ3v) is 4.65. The first-order valence-electron chi connectivity index (χ1n) is 5.88. The molecule has 1 aromatic rings. The van der Waals surface area contributed by atoms with Gasteiger partial charge in [0.05, 0.1) is 18.1 Å². The fourth-order valence-electron chi connectivity index (χ4n) is 2.72. The maximum absolute atomic E-state index is 14.2. The van der Waals surface area contributed by atoms with E-state index in [2.05, 4.69) is 0 Å². The van der Waals surface area contributed by atoms with Crippen LogP contribution >= 0.6 is 0 Å². The lowest BCUT2D eigenvalue weighted by atomic mass is 10.1. The second-order valence-electron chi connectivity index (χ2n) is 4.77. The number of sulfone groups is 1. The van der Waals surface area contributed by atoms with Gasteiger partial charge in [-0.3, -0.25) is 0 Å². The largest absolute Gasteiger partial charge is 0.341 e. The molecule has 0 N–H and O–H groups in total. The number of ether oxygens (including phenoxy) is 2. The first kappa shape index (κ1) is 13.8. The van der Waals surface area contributed by atoms with E-state index in [1.54, 1.807) is 0 Å². The van der Waals surface area contributed by atoms with Gasteiger partial charge in [0.1, 0.15) is 5.82 Å². The van der Waals surface area contributed by atoms with Crippen LogP contribution < -0.4 is 0 Å². The van der Waals surface area contributed by atoms with Crippen LogP contribution in [-0.4, -0.2) is 34.1 Å². The average Bonchev–Trinajstić information content (AvgIpc) is 2.92. The molecule has 1 spiro atoms. The van der Waals surface area contributed by atoms with Crippen molar-refractivity contribution >= 4 is 9.84 Å². The first-order chi connectivity index (χ1) is 9.29. The second-order valence-corrected chi connectivity index (χ2v) is 6.76. The van der Waals surface area contributed by atoms with Gasteiger partial charge in [-0.1, -0.05) is 0 Å². The fraction of sp³-hybridized carbons (Fsp3) is 0.500. The van der Waals surface area contributed by atoms with Gasteiger partial charge in [0, 0.05) is 17.4 Å². The zero-order chi connectivity index (χ0) is 14.7. The number of benzene rings is 1. The number of fused-ring (bicyclic) bond motifs is 2. The first-order valence-corrected chi connectivity index (χ1v) is 7.77. The van der Waals surface area contributed by atoms with Gasteiger partial charge in [-0.25, -0.2) is 21.6 Å². The predicted octanol–water partition coefficient (Wildman–Crippen LogP) is 1.79. The van der Waals surface area contributed by atoms with E-state index in [0.717, 1.165) is 18.4 Å². The van der Waals surface area contributed by atoms with E-state index in [1.807, 2.05) is 0 Å². The molecule has 8 heteroatoms. The van der Waals surface area contributed by atoms with Crippen molar-refractivity contribution in [2.24, 2.45) is 0 Å². The molecular formula is C12H11F3O4S. The van der Waals surface area contributed by atoms with E-state index in [0.29, 0.717) is 0 Å². The van der Waals surface area contributed by atoms with E-state index >= 15 is 0 Å². The van der Waals surface area contributed by atoms with Gasteiger partial charge >= 0.3 is 0 Å². The Bertz CT molecular complexity index is 668. The lowest BCUT2D eigenvalue weighted by Gasteiger charge is -2.26. The molecule has 1 saturated heterocycles. The number of hydrogen-bond acceptors (Lipinski definition) is 4. The summed E-state index contributed by atoms with van der Waals surface area (Å²) in [6.07, 6.45) is -3.76. The van der Waals surface area contributed by atoms with Crippen LogP contribution in [0.4, 0.5) is 13.2 Å². The van der Waals surface area contributed by atoms with Crippen molar-refractivity contribution in [2.75, 3.05) is 19.5 Å². The van der Waals surface area contributed by atoms with Gasteiger partial charge in [0.25, 0.3) is 0 Å². The normalized spacial score (nSPS) is 28.0. The van der Waals surface area contributed by atoms with Crippen molar-refractivity contribution in [3.63, 3.8) is 0 Å². The molecule has 1 aromatic carbocycles. The number of rotatable bonds is 1. The third kappa shape index (κ3) is 1.64. The van der Waals surface area contributed by atoms with Crippen LogP contribution in [-0.2, 0) is 25.1 Å². The fourth-order valence-corrected chi connectivity index (χ4v) is 3.66. The van der Waals surface area contributed by atoms with Gasteiger partial charge in [0.15, 0.2) is 22.2 Å². The van der Waals surface area contributed by atoms with E-state index in [4.69, 9.17) is 9.47 Å². The quantitative estimate of drug-likeness (QED) is 0.742. The smallest absolute Gasteiger partial charge is 0.232 e. The van der Waals surface area contributed by atoms with Crippen LogP contribution in [0, 0.1) is 5.82 Å². The van der Waals surface area contributed by atoms with Crippen molar-refractivity contribution in [3.8, 4) is 0 Å². The molecule has 4 nitrogen and oxygen atoms in total. The van der Waals surface area contributed by atoms with Gasteiger partial charge in [-0.15, -0.1) is 0 Å². The Hall–Kier alpha value is -1.12. The highest BCUT2D eigenvalue weighted by Gasteiger charge is 2.61. The molecule has 1 aliphatic heterocycles. The topological polar surface area (TPSA) is 52.6 Å². The van der Waals surface area contributed by atoms with Crippen LogP contribution in [0.15, 0.2) is 17.0 Å². The zero-order valence-corrected chi connectivity index (χ0v) is 11.2. The molecule has 20 heavy (non-hydrogen) atoms. The maximum Gasteiger partial charge on any atom is 0.232 e. The molecule has 0 aromatic heterocycles. The average molecular weight is 308 g/mol. The third-order valence-electron chi connectivity index (χ3n) is 3.51. The van der Waals surface area contributed by atoms with Crippen molar-refractivity contribution < 1.29 is 31.1 Å². The Kier molecular flexibility index (Phi) is 2.90. The summed E-state index contributed by atoms with van der Waals surface area (Å²) in [5.41, 5.74) is -1.03. The minimum Gasteiger partial charge on any atom is -0.341 e. The van der Waals surface area contributed by atoms with Crippen LogP contribution in [0.3, 0.4) is 0 Å². The second kappa shape index (κ2) is 4.19. The lowest BCUT2D eigenvalue weighted by molar-refractivity contribution is -0.213. The number of halogens is 3. The van der Waals surface area contributed by atoms with Crippen LogP contribution in [0.2, 0.25) is 0 Å². The Morgan fingerprint density at radius 2 is 1.85 bits per heavy atom. The van der Waals surface area contributed by atoms with Crippen molar-refractivity contribution in [2.45, 2.75) is 23.0 Å². The van der Waals surface area contributed by atoms with Crippen LogP contribution in [0.1, 0.15) is 17.3 Å². The molecule has 2 aliphatic rings. The molecular weight excluding hydrogens is 297 g/mol. The monoisotopic (exact) mass is 308 g/mol. The summed E-state index contributed by atoms with van der Waals surface area (Å²) in [4.78, 5) is -0.376. The minimum absolute atomic E-state index is 0.0215. The summed E-state index contributed by atoms with van der Waals surface area (Å²) in [7, 11) is -3.82. The van der Waals surface area contributed by atoms with Gasteiger partial charge in [-0.05, 0) is 12.1 Å². The molecule has 1 fully saturated rings. The molecule has 110 valence electrons. The Morgan fingerprint density at radius 1 is 1.25 bits per heavy atom. The highest BCUT2D eigenvalue weighted by molar-refractivity contribution is 7.90. The Morgan fingerprint density at radius 3 is 2.40 bits per heavy atom. The number of alkyl halides is 2. The minimum atomic E-state index is -3.82. The zero-order valence-electron chi connectivity index (χ0n) is 10.4. The van der Waals surface area contributed by atoms with Gasteiger partial charge in [0.2, 0.25) is 5.79 Å². The number of hydrogen-bond donors (Lipinski definition) is 0. The summed E-state index contributed by atoms with van der Waals surface area (Å²) < 4.78 is 75.9. The summed E-state index contributed by atoms with van der Waals surface area (Å²) in [6, 6.07) is 1.78. The van der Waals surface area contributed by atoms with E-state index in [-0.39, 0.29) is 18.1 Å². The highest BCUT2D eigenvalue weighted by Crippen LogP contribution is 2.54.